The summed E-state index contributed by atoms with van der Waals surface area (Å²) in [6.45, 7) is 0. The van der Waals surface area contributed by atoms with Gasteiger partial charge < -0.3 is 25.1 Å². The van der Waals surface area contributed by atoms with Crippen LogP contribution in [0.25, 0.3) is 0 Å². The Kier molecular flexibility index (Phi) is 7.70. The molecule has 0 heterocycles. The van der Waals surface area contributed by atoms with E-state index in [4.69, 9.17) is 25.1 Å². The van der Waals surface area contributed by atoms with Crippen molar-refractivity contribution >= 4 is 48.6 Å². The molecule has 1 unspecified atom stereocenters. The lowest BCUT2D eigenvalue weighted by molar-refractivity contribution is -0.148. The van der Waals surface area contributed by atoms with Gasteiger partial charge >= 0.3 is 48.6 Å². The molecule has 0 bridgehead atoms. The zero-order chi connectivity index (χ0) is 13.9. The van der Waals surface area contributed by atoms with Crippen molar-refractivity contribution in [3.8, 4) is 0 Å². The molecule has 11 heteroatoms. The summed E-state index contributed by atoms with van der Waals surface area (Å²) in [4.78, 5) is 49.5. The van der Waals surface area contributed by atoms with Gasteiger partial charge in [0, 0.05) is 6.42 Å². The molecule has 18 heavy (non-hydrogen) atoms. The van der Waals surface area contributed by atoms with E-state index in [1.807, 2.05) is 0 Å². The second-order valence-electron chi connectivity index (χ2n) is 3.35. The maximum absolute atomic E-state index is 11.1. The highest BCUT2D eigenvalue weighted by molar-refractivity contribution is 7.54. The summed E-state index contributed by atoms with van der Waals surface area (Å²) < 4.78 is 11.1. The summed E-state index contributed by atoms with van der Waals surface area (Å²) >= 11 is 0. The molecule has 0 fully saturated rings. The molecule has 0 aliphatic rings. The molecule has 0 aromatic rings. The van der Waals surface area contributed by atoms with Crippen molar-refractivity contribution in [1.29, 1.82) is 0 Å². The number of hydrogen-bond acceptors (Lipinski definition) is 4. The Labute approximate surface area is 117 Å². The maximum atomic E-state index is 11.1. The molecule has 9 nitrogen and oxygen atoms in total. The second-order valence-corrected chi connectivity index (χ2v) is 5.29. The van der Waals surface area contributed by atoms with Gasteiger partial charge in [0.2, 0.25) is 0 Å². The minimum atomic E-state index is -5.32. The minimum absolute atomic E-state index is 0. The molecule has 0 aromatic carbocycles. The van der Waals surface area contributed by atoms with E-state index in [1.54, 1.807) is 0 Å². The van der Waals surface area contributed by atoms with Crippen LogP contribution in [-0.2, 0) is 18.9 Å². The van der Waals surface area contributed by atoms with E-state index in [0.29, 0.717) is 0 Å². The third-order valence-electron chi connectivity index (χ3n) is 2.15. The third kappa shape index (κ3) is 4.90. The molecule has 5 N–H and O–H groups in total. The van der Waals surface area contributed by atoms with Gasteiger partial charge in [0.15, 0.2) is 5.16 Å². The number of carbonyl (C=O) groups is 3. The highest BCUT2D eigenvalue weighted by Crippen LogP contribution is 2.55. The fraction of sp³-hybridized carbons (Fsp3) is 0.571. The van der Waals surface area contributed by atoms with Crippen LogP contribution < -0.4 is 0 Å². The Hall–Kier alpha value is -0.674. The van der Waals surface area contributed by atoms with E-state index >= 15 is 0 Å². The van der Waals surface area contributed by atoms with Crippen LogP contribution >= 0.6 is 7.60 Å². The Balaban J connectivity index is 0. The van der Waals surface area contributed by atoms with E-state index < -0.39 is 49.9 Å². The minimum Gasteiger partial charge on any atom is -0.481 e. The van der Waals surface area contributed by atoms with Crippen molar-refractivity contribution in [3.05, 3.63) is 0 Å². The molecule has 0 aromatic heterocycles. The average molecular weight is 296 g/mol. The van der Waals surface area contributed by atoms with Gasteiger partial charge in [-0.05, 0) is 6.42 Å². The van der Waals surface area contributed by atoms with Crippen LogP contribution in [0, 0.1) is 0 Å². The van der Waals surface area contributed by atoms with Gasteiger partial charge in [0.1, 0.15) is 0 Å². The van der Waals surface area contributed by atoms with Crippen LogP contribution in [0.4, 0.5) is 0 Å². The van der Waals surface area contributed by atoms with Crippen LogP contribution in [-0.4, -0.2) is 71.2 Å². The van der Waals surface area contributed by atoms with Gasteiger partial charge in [-0.15, -0.1) is 0 Å². The van der Waals surface area contributed by atoms with E-state index in [9.17, 15) is 18.9 Å². The Bertz CT molecular complexity index is 388. The topological polar surface area (TPSA) is 169 Å². The van der Waals surface area contributed by atoms with Gasteiger partial charge in [-0.2, -0.15) is 0 Å². The Morgan fingerprint density at radius 1 is 1.00 bits per heavy atom. The number of hydrogen-bond donors (Lipinski definition) is 5. The van der Waals surface area contributed by atoms with Crippen molar-refractivity contribution < 1.29 is 44.1 Å². The maximum Gasteiger partial charge on any atom is 0.343 e. The van der Waals surface area contributed by atoms with E-state index in [2.05, 4.69) is 0 Å². The van der Waals surface area contributed by atoms with Crippen molar-refractivity contribution in [2.24, 2.45) is 0 Å². The van der Waals surface area contributed by atoms with Crippen molar-refractivity contribution in [2.75, 3.05) is 0 Å². The summed E-state index contributed by atoms with van der Waals surface area (Å²) in [5, 5.41) is 22.7. The average Bonchev–Trinajstić information content (AvgIpc) is 2.08. The van der Waals surface area contributed by atoms with E-state index in [1.165, 1.54) is 0 Å². The largest absolute Gasteiger partial charge is 0.481 e. The molecule has 0 saturated carbocycles. The molecule has 0 amide bonds. The van der Waals surface area contributed by atoms with Crippen LogP contribution in [0.2, 0.25) is 0 Å². The standard InChI is InChI=1S/C7H11O9P.Mg.2H/c8-4(9)1-2-7(6(12)13,3-5(10)11)17(14,15)16;;;/h1-3H2,(H,8,9)(H,10,11)(H,12,13)(H2,14,15,16);;;. The normalized spacial score (nSPS) is 14.1. The second kappa shape index (κ2) is 7.05. The zero-order valence-corrected chi connectivity index (χ0v) is 9.33. The van der Waals surface area contributed by atoms with E-state index in [-0.39, 0.29) is 23.1 Å². The predicted molar refractivity (Wildman–Crippen MR) is 60.1 cm³/mol. The molecular weight excluding hydrogens is 283 g/mol. The monoisotopic (exact) mass is 296 g/mol. The van der Waals surface area contributed by atoms with Crippen molar-refractivity contribution in [1.82, 2.24) is 0 Å². The highest BCUT2D eigenvalue weighted by Gasteiger charge is 2.55. The Morgan fingerprint density at radius 2 is 1.44 bits per heavy atom. The first-order valence-corrected chi connectivity index (χ1v) is 5.87. The lowest BCUT2D eigenvalue weighted by Crippen LogP contribution is -2.41. The molecular formula is C7H13MgO9P. The number of rotatable bonds is 7. The van der Waals surface area contributed by atoms with Gasteiger partial charge in [-0.3, -0.25) is 18.9 Å². The molecule has 0 radical (unpaired) electrons. The van der Waals surface area contributed by atoms with Crippen LogP contribution in [0.5, 0.6) is 0 Å². The van der Waals surface area contributed by atoms with Crippen LogP contribution in [0.3, 0.4) is 0 Å². The molecule has 1 atom stereocenters. The number of aliphatic carboxylic acids is 3. The summed E-state index contributed by atoms with van der Waals surface area (Å²) in [5.41, 5.74) is 0. The lowest BCUT2D eigenvalue weighted by Gasteiger charge is -2.27. The van der Waals surface area contributed by atoms with Gasteiger partial charge in [0.25, 0.3) is 0 Å². The fourth-order valence-corrected chi connectivity index (χ4v) is 2.20. The van der Waals surface area contributed by atoms with Gasteiger partial charge in [-0.1, -0.05) is 0 Å². The van der Waals surface area contributed by atoms with Gasteiger partial charge in [-0.25, -0.2) is 0 Å². The van der Waals surface area contributed by atoms with E-state index in [0.717, 1.165) is 0 Å². The van der Waals surface area contributed by atoms with Crippen LogP contribution in [0.1, 0.15) is 19.3 Å². The predicted octanol–water partition coefficient (Wildman–Crippen LogP) is -1.59. The molecule has 0 spiro atoms. The first-order valence-electron chi connectivity index (χ1n) is 4.25. The molecule has 0 aliphatic carbocycles. The van der Waals surface area contributed by atoms with Crippen LogP contribution in [0.15, 0.2) is 0 Å². The molecule has 0 rings (SSSR count). The molecule has 0 saturated heterocycles. The number of carboxylic acids is 3. The highest BCUT2D eigenvalue weighted by atomic mass is 31.2. The smallest absolute Gasteiger partial charge is 0.343 e. The Morgan fingerprint density at radius 3 is 1.67 bits per heavy atom. The zero-order valence-electron chi connectivity index (χ0n) is 8.44. The van der Waals surface area contributed by atoms with Crippen molar-refractivity contribution in [3.63, 3.8) is 0 Å². The summed E-state index contributed by atoms with van der Waals surface area (Å²) in [6.07, 6.45) is -3.17. The third-order valence-corrected chi connectivity index (χ3v) is 3.84. The summed E-state index contributed by atoms with van der Waals surface area (Å²) in [5.74, 6) is -5.25. The quantitative estimate of drug-likeness (QED) is 0.274. The van der Waals surface area contributed by atoms with Gasteiger partial charge in [0.05, 0.1) is 6.42 Å². The first kappa shape index (κ1) is 19.7. The fourth-order valence-electron chi connectivity index (χ4n) is 1.21. The lowest BCUT2D eigenvalue weighted by atomic mass is 9.98. The summed E-state index contributed by atoms with van der Waals surface area (Å²) in [7, 11) is -5.32. The first-order chi connectivity index (χ1) is 7.53. The summed E-state index contributed by atoms with van der Waals surface area (Å²) in [6, 6.07) is 0. The molecule has 0 aliphatic heterocycles. The van der Waals surface area contributed by atoms with Crippen molar-refractivity contribution in [2.45, 2.75) is 24.4 Å². The molecule has 102 valence electrons. The number of carboxylic acid groups (broad SMARTS) is 3. The SMILES string of the molecule is O=C(O)CCC(CC(=O)O)(C(=O)O)P(=O)(O)O.[MgH2].